The molecule has 2 aliphatic rings. The molecule has 1 saturated carbocycles. The molecule has 2 aliphatic carbocycles. The molecule has 2 aromatic rings. The minimum absolute atomic E-state index is 0.562. The van der Waals surface area contributed by atoms with Gasteiger partial charge in [0.1, 0.15) is 16.9 Å². The van der Waals surface area contributed by atoms with Gasteiger partial charge in [-0.05, 0) is 50.2 Å². The monoisotopic (exact) mass is 311 g/mol. The first kappa shape index (κ1) is 13.8. The van der Waals surface area contributed by atoms with Gasteiger partial charge >= 0.3 is 0 Å². The van der Waals surface area contributed by atoms with Gasteiger partial charge in [-0.25, -0.2) is 9.97 Å². The maximum atomic E-state index is 9.36. The smallest absolute Gasteiger partial charge is 0.153 e. The molecule has 0 bridgehead atoms. The summed E-state index contributed by atoms with van der Waals surface area (Å²) in [6, 6.07) is 4.31. The van der Waals surface area contributed by atoms with E-state index >= 15 is 0 Å². The lowest BCUT2D eigenvalue weighted by atomic mass is 9.95. The average Bonchev–Trinajstić information content (AvgIpc) is 3.30. The van der Waals surface area contributed by atoms with Crippen LogP contribution in [0.5, 0.6) is 0 Å². The number of rotatable bonds is 4. The number of nitriles is 1. The standard InChI is InChI=1S/C16H17N5S/c17-8-12-7-11-3-1-2-4-13(11)18-16(12)22-9-14-19-15(21-20-14)10-5-6-10/h7,10H,1-6,9H2,(H,19,20,21). The lowest BCUT2D eigenvalue weighted by Gasteiger charge is -2.16. The van der Waals surface area contributed by atoms with Crippen LogP contribution in [0.4, 0.5) is 0 Å². The molecule has 5 nitrogen and oxygen atoms in total. The fourth-order valence-electron chi connectivity index (χ4n) is 2.84. The summed E-state index contributed by atoms with van der Waals surface area (Å²) in [6.45, 7) is 0. The summed E-state index contributed by atoms with van der Waals surface area (Å²) in [4.78, 5) is 9.26. The fraction of sp³-hybridized carbons (Fsp3) is 0.500. The lowest BCUT2D eigenvalue weighted by molar-refractivity contribution is 0.660. The van der Waals surface area contributed by atoms with Gasteiger partial charge in [0, 0.05) is 11.6 Å². The van der Waals surface area contributed by atoms with Crippen molar-refractivity contribution in [2.75, 3.05) is 0 Å². The van der Waals surface area contributed by atoms with Crippen molar-refractivity contribution in [1.82, 2.24) is 20.2 Å². The summed E-state index contributed by atoms with van der Waals surface area (Å²) in [5.74, 6) is 3.05. The van der Waals surface area contributed by atoms with E-state index in [1.54, 1.807) is 11.8 Å². The van der Waals surface area contributed by atoms with Crippen molar-refractivity contribution in [3.05, 3.63) is 34.5 Å². The van der Waals surface area contributed by atoms with Crippen molar-refractivity contribution in [2.24, 2.45) is 0 Å². The summed E-state index contributed by atoms with van der Waals surface area (Å²) in [6.07, 6.45) is 6.89. The van der Waals surface area contributed by atoms with Crippen molar-refractivity contribution in [2.45, 2.75) is 55.2 Å². The number of H-pyrrole nitrogens is 1. The zero-order valence-electron chi connectivity index (χ0n) is 12.3. The minimum atomic E-state index is 0.562. The van der Waals surface area contributed by atoms with Crippen LogP contribution in [-0.4, -0.2) is 20.2 Å². The van der Waals surface area contributed by atoms with Gasteiger partial charge in [-0.1, -0.05) is 11.8 Å². The second-order valence-electron chi connectivity index (χ2n) is 5.97. The number of hydrogen-bond donors (Lipinski definition) is 1. The topological polar surface area (TPSA) is 78.2 Å². The highest BCUT2D eigenvalue weighted by Crippen LogP contribution is 2.38. The van der Waals surface area contributed by atoms with Crippen LogP contribution in [0.15, 0.2) is 11.1 Å². The Labute approximate surface area is 133 Å². The molecule has 112 valence electrons. The van der Waals surface area contributed by atoms with Crippen LogP contribution in [0.25, 0.3) is 0 Å². The number of hydrogen-bond acceptors (Lipinski definition) is 5. The van der Waals surface area contributed by atoms with Crippen LogP contribution in [-0.2, 0) is 18.6 Å². The van der Waals surface area contributed by atoms with Crippen LogP contribution in [0.2, 0.25) is 0 Å². The van der Waals surface area contributed by atoms with E-state index in [1.165, 1.54) is 36.9 Å². The number of aryl methyl sites for hydroxylation is 2. The summed E-state index contributed by atoms with van der Waals surface area (Å²) in [5, 5.41) is 17.5. The van der Waals surface area contributed by atoms with Crippen molar-refractivity contribution >= 4 is 11.8 Å². The highest BCUT2D eigenvalue weighted by molar-refractivity contribution is 7.98. The average molecular weight is 311 g/mol. The van der Waals surface area contributed by atoms with Crippen LogP contribution in [0.3, 0.4) is 0 Å². The van der Waals surface area contributed by atoms with Gasteiger partial charge in [0.25, 0.3) is 0 Å². The molecule has 22 heavy (non-hydrogen) atoms. The van der Waals surface area contributed by atoms with E-state index in [4.69, 9.17) is 4.98 Å². The Morgan fingerprint density at radius 3 is 2.95 bits per heavy atom. The Bertz CT molecular complexity index is 741. The second-order valence-corrected chi connectivity index (χ2v) is 6.93. The minimum Gasteiger partial charge on any atom is -0.262 e. The van der Waals surface area contributed by atoms with Crippen molar-refractivity contribution in [3.8, 4) is 6.07 Å². The van der Waals surface area contributed by atoms with Gasteiger partial charge in [0.2, 0.25) is 0 Å². The zero-order valence-corrected chi connectivity index (χ0v) is 13.1. The van der Waals surface area contributed by atoms with Gasteiger partial charge in [0.15, 0.2) is 5.82 Å². The Morgan fingerprint density at radius 1 is 1.27 bits per heavy atom. The van der Waals surface area contributed by atoms with Gasteiger partial charge < -0.3 is 0 Å². The number of aromatic amines is 1. The van der Waals surface area contributed by atoms with Gasteiger partial charge in [-0.3, -0.25) is 5.10 Å². The maximum absolute atomic E-state index is 9.36. The molecular formula is C16H17N5S. The summed E-state index contributed by atoms with van der Waals surface area (Å²) in [7, 11) is 0. The van der Waals surface area contributed by atoms with E-state index < -0.39 is 0 Å². The third-order valence-corrected chi connectivity index (χ3v) is 5.23. The van der Waals surface area contributed by atoms with E-state index in [0.717, 1.165) is 29.5 Å². The zero-order chi connectivity index (χ0) is 14.9. The first-order valence-electron chi connectivity index (χ1n) is 7.80. The second kappa shape index (κ2) is 5.73. The third kappa shape index (κ3) is 2.73. The van der Waals surface area contributed by atoms with Gasteiger partial charge in [0.05, 0.1) is 11.3 Å². The molecule has 0 unspecified atom stereocenters. The molecule has 0 radical (unpaired) electrons. The molecule has 1 N–H and O–H groups in total. The molecule has 0 amide bonds. The summed E-state index contributed by atoms with van der Waals surface area (Å²) in [5.41, 5.74) is 3.11. The highest BCUT2D eigenvalue weighted by Gasteiger charge is 2.27. The van der Waals surface area contributed by atoms with Crippen molar-refractivity contribution in [1.29, 1.82) is 5.26 Å². The normalized spacial score (nSPS) is 17.0. The molecule has 0 saturated heterocycles. The quantitative estimate of drug-likeness (QED) is 0.878. The molecule has 0 aliphatic heterocycles. The lowest BCUT2D eigenvalue weighted by Crippen LogP contribution is -2.07. The van der Waals surface area contributed by atoms with E-state index in [0.29, 0.717) is 17.2 Å². The Morgan fingerprint density at radius 2 is 2.14 bits per heavy atom. The Balaban J connectivity index is 1.52. The van der Waals surface area contributed by atoms with E-state index in [1.807, 2.05) is 6.07 Å². The van der Waals surface area contributed by atoms with E-state index in [9.17, 15) is 5.26 Å². The summed E-state index contributed by atoms with van der Waals surface area (Å²) < 4.78 is 0. The Hall–Kier alpha value is -1.87. The van der Waals surface area contributed by atoms with Gasteiger partial charge in [-0.2, -0.15) is 10.4 Å². The number of nitrogens with one attached hydrogen (secondary N) is 1. The molecule has 4 rings (SSSR count). The molecular weight excluding hydrogens is 294 g/mol. The Kier molecular flexibility index (Phi) is 3.59. The van der Waals surface area contributed by atoms with E-state index in [-0.39, 0.29) is 0 Å². The van der Waals surface area contributed by atoms with Crippen molar-refractivity contribution in [3.63, 3.8) is 0 Å². The maximum Gasteiger partial charge on any atom is 0.153 e. The SMILES string of the molecule is N#Cc1cc2c(nc1SCc1nc(C3CC3)n[nH]1)CCCC2. The van der Waals surface area contributed by atoms with Crippen LogP contribution in [0.1, 0.15) is 60.1 Å². The fourth-order valence-corrected chi connectivity index (χ4v) is 3.68. The first-order chi connectivity index (χ1) is 10.8. The molecule has 2 heterocycles. The molecule has 0 aromatic carbocycles. The van der Waals surface area contributed by atoms with Crippen LogP contribution >= 0.6 is 11.8 Å². The number of nitrogens with zero attached hydrogens (tertiary/aromatic N) is 4. The number of fused-ring (bicyclic) bond motifs is 1. The molecule has 2 aromatic heterocycles. The van der Waals surface area contributed by atoms with Crippen molar-refractivity contribution < 1.29 is 0 Å². The molecule has 6 heteroatoms. The highest BCUT2D eigenvalue weighted by atomic mass is 32.2. The largest absolute Gasteiger partial charge is 0.262 e. The molecule has 0 spiro atoms. The summed E-state index contributed by atoms with van der Waals surface area (Å²) >= 11 is 1.58. The van der Waals surface area contributed by atoms with E-state index in [2.05, 4.69) is 21.3 Å². The first-order valence-corrected chi connectivity index (χ1v) is 8.79. The molecule has 1 fully saturated rings. The number of aromatic nitrogens is 4. The third-order valence-electron chi connectivity index (χ3n) is 4.22. The molecule has 0 atom stereocenters. The van der Waals surface area contributed by atoms with Gasteiger partial charge in [-0.15, -0.1) is 0 Å². The predicted molar refractivity (Wildman–Crippen MR) is 83.5 cm³/mol. The van der Waals surface area contributed by atoms with Crippen LogP contribution in [0, 0.1) is 11.3 Å². The number of thioether (sulfide) groups is 1. The van der Waals surface area contributed by atoms with Crippen LogP contribution < -0.4 is 0 Å². The predicted octanol–water partition coefficient (Wildman–Crippen LogP) is 3.12. The number of pyridine rings is 1.